The van der Waals surface area contributed by atoms with Crippen molar-refractivity contribution in [2.45, 2.75) is 32.9 Å². The van der Waals surface area contributed by atoms with Crippen LogP contribution in [0.5, 0.6) is 0 Å². The quantitative estimate of drug-likeness (QED) is 0.552. The molecule has 2 aromatic carbocycles. The van der Waals surface area contributed by atoms with Crippen LogP contribution in [-0.4, -0.2) is 78.0 Å². The molecule has 0 bridgehead atoms. The van der Waals surface area contributed by atoms with E-state index in [0.29, 0.717) is 54.6 Å². The van der Waals surface area contributed by atoms with Gasteiger partial charge in [-0.05, 0) is 50.6 Å². The fourth-order valence-corrected chi connectivity index (χ4v) is 5.13. The van der Waals surface area contributed by atoms with Crippen molar-refractivity contribution in [2.75, 3.05) is 39.3 Å². The molecule has 37 heavy (non-hydrogen) atoms. The fourth-order valence-electron chi connectivity index (χ4n) is 5.00. The number of amides is 3. The van der Waals surface area contributed by atoms with Crippen molar-refractivity contribution >= 4 is 29.5 Å². The van der Waals surface area contributed by atoms with Gasteiger partial charge in [-0.15, -0.1) is 0 Å². The van der Waals surface area contributed by atoms with E-state index in [9.17, 15) is 14.4 Å². The Morgan fingerprint density at radius 3 is 2.38 bits per heavy atom. The molecule has 2 aliphatic rings. The molecule has 1 fully saturated rings. The fraction of sp³-hybridized carbons (Fsp3) is 0.393. The van der Waals surface area contributed by atoms with Gasteiger partial charge in [0.25, 0.3) is 5.91 Å². The van der Waals surface area contributed by atoms with Crippen molar-refractivity contribution in [2.24, 2.45) is 0 Å². The lowest BCUT2D eigenvalue weighted by Crippen LogP contribution is -2.56. The van der Waals surface area contributed by atoms with Gasteiger partial charge >= 0.3 is 12.0 Å². The van der Waals surface area contributed by atoms with Crippen LogP contribution in [-0.2, 0) is 9.53 Å². The van der Waals surface area contributed by atoms with Crippen molar-refractivity contribution in [3.63, 3.8) is 0 Å². The summed E-state index contributed by atoms with van der Waals surface area (Å²) < 4.78 is 5.45. The van der Waals surface area contributed by atoms with E-state index in [1.54, 1.807) is 36.1 Å². The lowest BCUT2D eigenvalue weighted by atomic mass is 9.94. The molecular weight excluding hydrogens is 492 g/mol. The number of carbonyl (C=O) groups excluding carboxylic acids is 3. The first-order valence-electron chi connectivity index (χ1n) is 12.7. The number of piperazine rings is 1. The number of nitrogens with zero attached hydrogens (tertiary/aromatic N) is 3. The topological polar surface area (TPSA) is 82.2 Å². The predicted molar refractivity (Wildman–Crippen MR) is 142 cm³/mol. The van der Waals surface area contributed by atoms with Gasteiger partial charge in [-0.25, -0.2) is 9.59 Å². The van der Waals surface area contributed by atoms with Crippen LogP contribution < -0.4 is 5.32 Å². The van der Waals surface area contributed by atoms with Crippen LogP contribution >= 0.6 is 11.6 Å². The zero-order valence-corrected chi connectivity index (χ0v) is 22.2. The van der Waals surface area contributed by atoms with Gasteiger partial charge in [0.2, 0.25) is 0 Å². The van der Waals surface area contributed by atoms with Gasteiger partial charge in [0.15, 0.2) is 0 Å². The maximum atomic E-state index is 13.2. The van der Waals surface area contributed by atoms with Crippen LogP contribution in [0.1, 0.15) is 42.7 Å². The number of hydrogen-bond donors (Lipinski definition) is 1. The van der Waals surface area contributed by atoms with Gasteiger partial charge in [0.1, 0.15) is 0 Å². The van der Waals surface area contributed by atoms with Crippen LogP contribution in [0.2, 0.25) is 5.02 Å². The molecule has 4 rings (SSSR count). The SMILES string of the molecule is CCOC(=O)C1=C(CN2CCN(C(=O)c3ccc(Cl)cc3)[C@H](C)C2)N(CC)C(=O)N[C@@H]1c1ccccc1. The van der Waals surface area contributed by atoms with Crippen LogP contribution in [0.4, 0.5) is 4.79 Å². The van der Waals surface area contributed by atoms with E-state index in [0.717, 1.165) is 5.56 Å². The number of likely N-dealkylation sites (N-methyl/N-ethyl adjacent to an activating group) is 1. The Balaban J connectivity index is 1.61. The summed E-state index contributed by atoms with van der Waals surface area (Å²) in [4.78, 5) is 45.1. The van der Waals surface area contributed by atoms with Gasteiger partial charge in [-0.2, -0.15) is 0 Å². The Morgan fingerprint density at radius 2 is 1.76 bits per heavy atom. The number of halogens is 1. The maximum absolute atomic E-state index is 13.2. The van der Waals surface area contributed by atoms with Gasteiger partial charge in [-0.1, -0.05) is 41.9 Å². The van der Waals surface area contributed by atoms with Crippen molar-refractivity contribution in [1.82, 2.24) is 20.0 Å². The summed E-state index contributed by atoms with van der Waals surface area (Å²) in [6, 6.07) is 15.5. The number of rotatable bonds is 7. The number of carbonyl (C=O) groups is 3. The zero-order chi connectivity index (χ0) is 26.5. The number of ether oxygens (including phenoxy) is 1. The van der Waals surface area contributed by atoms with Crippen LogP contribution in [0.3, 0.4) is 0 Å². The smallest absolute Gasteiger partial charge is 0.338 e. The number of hydrogen-bond acceptors (Lipinski definition) is 5. The number of urea groups is 1. The molecule has 2 aromatic rings. The minimum atomic E-state index is -0.601. The highest BCUT2D eigenvalue weighted by molar-refractivity contribution is 6.30. The van der Waals surface area contributed by atoms with E-state index in [-0.39, 0.29) is 24.6 Å². The molecule has 2 atom stereocenters. The Kier molecular flexibility index (Phi) is 8.51. The monoisotopic (exact) mass is 524 g/mol. The summed E-state index contributed by atoms with van der Waals surface area (Å²) in [6.07, 6.45) is 0. The molecule has 0 unspecified atom stereocenters. The van der Waals surface area contributed by atoms with Crippen LogP contribution in [0, 0.1) is 0 Å². The van der Waals surface area contributed by atoms with Gasteiger partial charge in [-0.3, -0.25) is 14.6 Å². The van der Waals surface area contributed by atoms with E-state index in [1.165, 1.54) is 0 Å². The second kappa shape index (κ2) is 11.8. The van der Waals surface area contributed by atoms with Crippen molar-refractivity contribution < 1.29 is 19.1 Å². The normalized spacial score (nSPS) is 20.6. The summed E-state index contributed by atoms with van der Waals surface area (Å²) in [7, 11) is 0. The second-order valence-corrected chi connectivity index (χ2v) is 9.64. The molecule has 1 N–H and O–H groups in total. The van der Waals surface area contributed by atoms with Crippen LogP contribution in [0.15, 0.2) is 65.9 Å². The Labute approximate surface area is 222 Å². The summed E-state index contributed by atoms with van der Waals surface area (Å²) in [6.45, 7) is 8.46. The second-order valence-electron chi connectivity index (χ2n) is 9.21. The highest BCUT2D eigenvalue weighted by Gasteiger charge is 2.39. The van der Waals surface area contributed by atoms with E-state index in [4.69, 9.17) is 16.3 Å². The van der Waals surface area contributed by atoms with Gasteiger partial charge in [0.05, 0.1) is 18.2 Å². The Bertz CT molecular complexity index is 1170. The van der Waals surface area contributed by atoms with Crippen molar-refractivity contribution in [1.29, 1.82) is 0 Å². The highest BCUT2D eigenvalue weighted by atomic mass is 35.5. The molecule has 0 aromatic heterocycles. The lowest BCUT2D eigenvalue weighted by Gasteiger charge is -2.43. The maximum Gasteiger partial charge on any atom is 0.338 e. The lowest BCUT2D eigenvalue weighted by molar-refractivity contribution is -0.139. The standard InChI is InChI=1S/C28H33ClN4O4/c1-4-32-23(24(27(35)37-5-2)25(30-28(32)36)20-9-7-6-8-10-20)18-31-15-16-33(19(3)17-31)26(34)21-11-13-22(29)14-12-21/h6-14,19,25H,4-5,15-18H2,1-3H3,(H,30,36)/t19-,25-/m1/s1. The first kappa shape index (κ1) is 26.7. The van der Waals surface area contributed by atoms with Crippen LogP contribution in [0.25, 0.3) is 0 Å². The molecule has 0 saturated carbocycles. The first-order chi connectivity index (χ1) is 17.8. The summed E-state index contributed by atoms with van der Waals surface area (Å²) in [5, 5.41) is 3.58. The van der Waals surface area contributed by atoms with E-state index < -0.39 is 12.0 Å². The summed E-state index contributed by atoms with van der Waals surface area (Å²) in [5.41, 5.74) is 2.51. The van der Waals surface area contributed by atoms with Crippen molar-refractivity contribution in [3.05, 3.63) is 82.0 Å². The minimum absolute atomic E-state index is 0.0355. The first-order valence-corrected chi connectivity index (χ1v) is 13.0. The van der Waals surface area contributed by atoms with Gasteiger partial charge < -0.3 is 15.0 Å². The molecule has 0 aliphatic carbocycles. The Morgan fingerprint density at radius 1 is 1.05 bits per heavy atom. The average molecular weight is 525 g/mol. The summed E-state index contributed by atoms with van der Waals surface area (Å²) >= 11 is 5.98. The van der Waals surface area contributed by atoms with E-state index in [2.05, 4.69) is 10.2 Å². The summed E-state index contributed by atoms with van der Waals surface area (Å²) in [5.74, 6) is -0.471. The number of benzene rings is 2. The predicted octanol–water partition coefficient (Wildman–Crippen LogP) is 4.09. The average Bonchev–Trinajstić information content (AvgIpc) is 2.89. The molecule has 9 heteroatoms. The number of nitrogens with one attached hydrogen (secondary N) is 1. The van der Waals surface area contributed by atoms with E-state index in [1.807, 2.05) is 49.1 Å². The van der Waals surface area contributed by atoms with E-state index >= 15 is 0 Å². The third kappa shape index (κ3) is 5.81. The van der Waals surface area contributed by atoms with Crippen molar-refractivity contribution in [3.8, 4) is 0 Å². The minimum Gasteiger partial charge on any atom is -0.463 e. The zero-order valence-electron chi connectivity index (χ0n) is 21.4. The number of esters is 1. The molecule has 2 aliphatic heterocycles. The molecule has 196 valence electrons. The van der Waals surface area contributed by atoms with Gasteiger partial charge in [0, 0.05) is 55.0 Å². The molecular formula is C28H33ClN4O4. The molecule has 3 amide bonds. The third-order valence-electron chi connectivity index (χ3n) is 6.82. The highest BCUT2D eigenvalue weighted by Crippen LogP contribution is 2.32. The Hall–Kier alpha value is -3.36. The third-order valence-corrected chi connectivity index (χ3v) is 7.07. The molecule has 8 nitrogen and oxygen atoms in total. The molecule has 0 radical (unpaired) electrons. The molecule has 2 heterocycles. The molecule has 1 saturated heterocycles. The molecule has 0 spiro atoms. The largest absolute Gasteiger partial charge is 0.463 e.